The predicted molar refractivity (Wildman–Crippen MR) is 106 cm³/mol. The molecule has 0 radical (unpaired) electrons. The lowest BCUT2D eigenvalue weighted by Crippen LogP contribution is -2.41. The van der Waals surface area contributed by atoms with Crippen LogP contribution in [0, 0.1) is 0 Å². The van der Waals surface area contributed by atoms with E-state index in [9.17, 15) is 9.59 Å². The molecule has 0 aromatic heterocycles. The number of carbonyl (C=O) groups excluding carboxylic acids is 2. The fraction of sp³-hybridized carbons (Fsp3) is 0.450. The number of esters is 1. The van der Waals surface area contributed by atoms with Crippen LogP contribution in [0.2, 0.25) is 0 Å². The minimum atomic E-state index is -0.574. The van der Waals surface area contributed by atoms with E-state index in [2.05, 4.69) is 4.99 Å². The molecule has 1 fully saturated rings. The smallest absolute Gasteiger partial charge is 0.338 e. The highest BCUT2D eigenvalue weighted by Crippen LogP contribution is 2.44. The average molecular weight is 388 g/mol. The lowest BCUT2D eigenvalue weighted by Gasteiger charge is -2.33. The summed E-state index contributed by atoms with van der Waals surface area (Å²) in [7, 11) is 1.59. The number of aliphatic imine (C=N–C) groups is 1. The summed E-state index contributed by atoms with van der Waals surface area (Å²) in [6.45, 7) is 7.37. The third-order valence-corrected chi connectivity index (χ3v) is 5.81. The normalized spacial score (nSPS) is 22.1. The molecule has 0 spiro atoms. The second kappa shape index (κ2) is 7.76. The Morgan fingerprint density at radius 2 is 2.11 bits per heavy atom. The van der Waals surface area contributed by atoms with Crippen LogP contribution in [0.25, 0.3) is 0 Å². The van der Waals surface area contributed by atoms with E-state index < -0.39 is 12.0 Å². The minimum Gasteiger partial charge on any atom is -0.497 e. The molecule has 7 heteroatoms. The number of hydrogen-bond donors (Lipinski definition) is 0. The first-order chi connectivity index (χ1) is 12.9. The Kier molecular flexibility index (Phi) is 5.60. The van der Waals surface area contributed by atoms with Crippen molar-refractivity contribution in [2.75, 3.05) is 7.11 Å². The van der Waals surface area contributed by atoms with E-state index in [1.54, 1.807) is 32.8 Å². The molecule has 2 unspecified atom stereocenters. The number of amides is 1. The van der Waals surface area contributed by atoms with E-state index in [1.807, 2.05) is 31.2 Å². The molecule has 0 bridgehead atoms. The van der Waals surface area contributed by atoms with Gasteiger partial charge in [0.1, 0.15) is 5.75 Å². The molecule has 3 rings (SSSR count). The zero-order valence-electron chi connectivity index (χ0n) is 16.2. The Hall–Kier alpha value is -2.28. The summed E-state index contributed by atoms with van der Waals surface area (Å²) in [6.07, 6.45) is 0.440. The van der Waals surface area contributed by atoms with Crippen LogP contribution in [0.1, 0.15) is 45.7 Å². The topological polar surface area (TPSA) is 68.2 Å². The van der Waals surface area contributed by atoms with Crippen molar-refractivity contribution in [3.05, 3.63) is 41.1 Å². The van der Waals surface area contributed by atoms with Gasteiger partial charge in [-0.05, 0) is 44.9 Å². The van der Waals surface area contributed by atoms with Crippen molar-refractivity contribution >= 4 is 28.8 Å². The first kappa shape index (κ1) is 19.5. The van der Waals surface area contributed by atoms with Crippen LogP contribution in [0.15, 0.2) is 40.5 Å². The largest absolute Gasteiger partial charge is 0.497 e. The van der Waals surface area contributed by atoms with Crippen molar-refractivity contribution in [2.45, 2.75) is 51.5 Å². The number of hydrogen-bond acceptors (Lipinski definition) is 6. The summed E-state index contributed by atoms with van der Waals surface area (Å²) in [5, 5.41) is 0.448. The lowest BCUT2D eigenvalue weighted by atomic mass is 9.94. The van der Waals surface area contributed by atoms with Gasteiger partial charge in [0.25, 0.3) is 0 Å². The lowest BCUT2D eigenvalue weighted by molar-refractivity contribution is -0.143. The van der Waals surface area contributed by atoms with Gasteiger partial charge < -0.3 is 9.47 Å². The predicted octanol–water partition coefficient (Wildman–Crippen LogP) is 3.69. The van der Waals surface area contributed by atoms with E-state index >= 15 is 0 Å². The number of amidine groups is 1. The molecule has 0 N–H and O–H groups in total. The fourth-order valence-corrected chi connectivity index (χ4v) is 4.39. The third kappa shape index (κ3) is 3.60. The van der Waals surface area contributed by atoms with Crippen LogP contribution < -0.4 is 4.74 Å². The summed E-state index contributed by atoms with van der Waals surface area (Å²) in [5.74, 6) is 0.185. The number of methoxy groups -OCH3 is 1. The molecule has 1 amide bonds. The Morgan fingerprint density at radius 3 is 2.74 bits per heavy atom. The van der Waals surface area contributed by atoms with Crippen molar-refractivity contribution in [3.63, 3.8) is 0 Å². The zero-order valence-corrected chi connectivity index (χ0v) is 17.0. The number of allylic oxidation sites excluding steroid dienone is 1. The number of fused-ring (bicyclic) bond motifs is 1. The fourth-order valence-electron chi connectivity index (χ4n) is 3.25. The maximum atomic E-state index is 13.0. The molecular weight excluding hydrogens is 364 g/mol. The van der Waals surface area contributed by atoms with Gasteiger partial charge in [0.15, 0.2) is 5.17 Å². The van der Waals surface area contributed by atoms with E-state index in [-0.39, 0.29) is 17.3 Å². The van der Waals surface area contributed by atoms with Gasteiger partial charge in [-0.25, -0.2) is 9.79 Å². The van der Waals surface area contributed by atoms with Crippen LogP contribution >= 0.6 is 11.8 Å². The first-order valence-electron chi connectivity index (χ1n) is 9.01. The summed E-state index contributed by atoms with van der Waals surface area (Å²) >= 11 is 1.45. The van der Waals surface area contributed by atoms with Gasteiger partial charge in [-0.1, -0.05) is 30.8 Å². The quantitative estimate of drug-likeness (QED) is 0.720. The molecule has 2 aliphatic heterocycles. The van der Waals surface area contributed by atoms with Crippen LogP contribution in [0.3, 0.4) is 0 Å². The third-order valence-electron chi connectivity index (χ3n) is 4.49. The van der Waals surface area contributed by atoms with Crippen molar-refractivity contribution in [2.24, 2.45) is 4.99 Å². The summed E-state index contributed by atoms with van der Waals surface area (Å²) < 4.78 is 10.8. The molecule has 27 heavy (non-hydrogen) atoms. The van der Waals surface area contributed by atoms with Gasteiger partial charge in [-0.2, -0.15) is 0 Å². The number of ether oxygens (including phenoxy) is 2. The highest BCUT2D eigenvalue weighted by molar-refractivity contribution is 8.15. The standard InChI is InChI=1S/C20H24N2O4S/c1-6-15-18(23)22-17(13-8-7-9-14(10-13)25-5)16(19(24)26-11(2)3)12(4)21-20(22)27-15/h7-11,15,17H,6H2,1-5H3. The van der Waals surface area contributed by atoms with Gasteiger partial charge in [-0.15, -0.1) is 0 Å². The molecule has 144 valence electrons. The number of nitrogens with zero attached hydrogens (tertiary/aromatic N) is 2. The SMILES string of the molecule is CCC1SC2=NC(C)=C(C(=O)OC(C)C)C(c3cccc(OC)c3)N2C1=O. The molecule has 2 aliphatic rings. The van der Waals surface area contributed by atoms with Crippen molar-refractivity contribution < 1.29 is 19.1 Å². The number of carbonyl (C=O) groups is 2. The molecule has 0 saturated carbocycles. The Labute approximate surface area is 163 Å². The van der Waals surface area contributed by atoms with Gasteiger partial charge in [0.05, 0.1) is 35.8 Å². The van der Waals surface area contributed by atoms with E-state index in [1.165, 1.54) is 11.8 Å². The molecule has 6 nitrogen and oxygen atoms in total. The summed E-state index contributed by atoms with van der Waals surface area (Å²) in [4.78, 5) is 32.1. The molecule has 2 heterocycles. The minimum absolute atomic E-state index is 0.0311. The highest BCUT2D eigenvalue weighted by Gasteiger charge is 2.47. The van der Waals surface area contributed by atoms with Crippen LogP contribution in [-0.2, 0) is 14.3 Å². The highest BCUT2D eigenvalue weighted by atomic mass is 32.2. The van der Waals surface area contributed by atoms with Crippen molar-refractivity contribution in [3.8, 4) is 5.75 Å². The molecule has 0 aliphatic carbocycles. The van der Waals surface area contributed by atoms with Crippen molar-refractivity contribution in [1.29, 1.82) is 0 Å². The average Bonchev–Trinajstić information content (AvgIpc) is 2.95. The summed E-state index contributed by atoms with van der Waals surface area (Å²) in [6, 6.07) is 6.85. The molecule has 1 aromatic rings. The second-order valence-corrected chi connectivity index (χ2v) is 7.92. The summed E-state index contributed by atoms with van der Waals surface area (Å²) in [5.41, 5.74) is 1.77. The van der Waals surface area contributed by atoms with Crippen LogP contribution in [-0.4, -0.2) is 40.4 Å². The van der Waals surface area contributed by atoms with Crippen LogP contribution in [0.5, 0.6) is 5.75 Å². The first-order valence-corrected chi connectivity index (χ1v) is 9.89. The van der Waals surface area contributed by atoms with Gasteiger partial charge >= 0.3 is 5.97 Å². The second-order valence-electron chi connectivity index (χ2n) is 6.75. The van der Waals surface area contributed by atoms with Gasteiger partial charge in [0.2, 0.25) is 5.91 Å². The molecule has 2 atom stereocenters. The Bertz CT molecular complexity index is 831. The maximum Gasteiger partial charge on any atom is 0.338 e. The Balaban J connectivity index is 2.14. The van der Waals surface area contributed by atoms with Gasteiger partial charge in [0, 0.05) is 0 Å². The molecule has 1 saturated heterocycles. The van der Waals surface area contributed by atoms with E-state index in [0.29, 0.717) is 28.6 Å². The van der Waals surface area contributed by atoms with Crippen molar-refractivity contribution in [1.82, 2.24) is 4.90 Å². The number of thioether (sulfide) groups is 1. The molecule has 1 aromatic carbocycles. The van der Waals surface area contributed by atoms with Crippen LogP contribution in [0.4, 0.5) is 0 Å². The van der Waals surface area contributed by atoms with E-state index in [4.69, 9.17) is 9.47 Å². The van der Waals surface area contributed by atoms with E-state index in [0.717, 1.165) is 5.56 Å². The monoisotopic (exact) mass is 388 g/mol. The maximum absolute atomic E-state index is 13.0. The Morgan fingerprint density at radius 1 is 1.37 bits per heavy atom. The zero-order chi connectivity index (χ0) is 19.7. The molecular formula is C20H24N2O4S. The number of benzene rings is 1. The van der Waals surface area contributed by atoms with Gasteiger partial charge in [-0.3, -0.25) is 9.69 Å². The number of rotatable bonds is 5.